The van der Waals surface area contributed by atoms with Gasteiger partial charge in [-0.25, -0.2) is 0 Å². The summed E-state index contributed by atoms with van der Waals surface area (Å²) < 4.78 is 11.9. The van der Waals surface area contributed by atoms with Crippen molar-refractivity contribution in [3.63, 3.8) is 0 Å². The quantitative estimate of drug-likeness (QED) is 0.658. The largest absolute Gasteiger partial charge is 0.349 e. The lowest BCUT2D eigenvalue weighted by Crippen LogP contribution is -2.46. The van der Waals surface area contributed by atoms with Crippen molar-refractivity contribution in [1.82, 2.24) is 0 Å². The first-order valence-electron chi connectivity index (χ1n) is 6.65. The van der Waals surface area contributed by atoms with Crippen molar-refractivity contribution < 1.29 is 14.3 Å². The van der Waals surface area contributed by atoms with Gasteiger partial charge in [0, 0.05) is 24.7 Å². The molecule has 3 fully saturated rings. The van der Waals surface area contributed by atoms with Gasteiger partial charge >= 0.3 is 0 Å². The maximum atomic E-state index is 11.7. The summed E-state index contributed by atoms with van der Waals surface area (Å²) in [5.74, 6) is -0.414. The number of hydrogen-bond acceptors (Lipinski definition) is 4. The van der Waals surface area contributed by atoms with Gasteiger partial charge in [-0.1, -0.05) is 13.8 Å². The molecule has 1 saturated heterocycles. The van der Waals surface area contributed by atoms with E-state index in [2.05, 4.69) is 19.9 Å². The van der Waals surface area contributed by atoms with Gasteiger partial charge in [-0.2, -0.15) is 5.26 Å². The van der Waals surface area contributed by atoms with Crippen molar-refractivity contribution >= 4 is 5.78 Å². The highest BCUT2D eigenvalue weighted by atomic mass is 16.7. The first-order valence-corrected chi connectivity index (χ1v) is 6.65. The van der Waals surface area contributed by atoms with Gasteiger partial charge in [0.25, 0.3) is 0 Å². The topological polar surface area (TPSA) is 59.3 Å². The number of ketones is 1. The molecule has 3 rings (SSSR count). The fraction of sp³-hybridized carbons (Fsp3) is 0.857. The second-order valence-electron chi connectivity index (χ2n) is 6.76. The molecule has 98 valence electrons. The number of carbonyl (C=O) groups excluding carboxylic acids is 1. The van der Waals surface area contributed by atoms with E-state index < -0.39 is 11.7 Å². The molecular formula is C14H19NO3. The van der Waals surface area contributed by atoms with Crippen LogP contribution in [0.5, 0.6) is 0 Å². The molecular weight excluding hydrogens is 230 g/mol. The van der Waals surface area contributed by atoms with Crippen LogP contribution >= 0.6 is 0 Å². The van der Waals surface area contributed by atoms with Crippen LogP contribution in [-0.2, 0) is 14.3 Å². The molecule has 2 saturated carbocycles. The van der Waals surface area contributed by atoms with E-state index in [1.54, 1.807) is 0 Å². The Balaban J connectivity index is 1.74. The highest BCUT2D eigenvalue weighted by Gasteiger charge is 2.57. The van der Waals surface area contributed by atoms with Crippen molar-refractivity contribution in [2.24, 2.45) is 23.2 Å². The summed E-state index contributed by atoms with van der Waals surface area (Å²) in [4.78, 5) is 11.7. The maximum absolute atomic E-state index is 11.7. The average Bonchev–Trinajstić information content (AvgIpc) is 2.77. The zero-order valence-corrected chi connectivity index (χ0v) is 10.9. The van der Waals surface area contributed by atoms with Crippen molar-refractivity contribution in [2.75, 3.05) is 13.2 Å². The van der Waals surface area contributed by atoms with Crippen LogP contribution < -0.4 is 0 Å². The Labute approximate surface area is 107 Å². The number of carbonyl (C=O) groups is 1. The smallest absolute Gasteiger partial charge is 0.168 e. The van der Waals surface area contributed by atoms with E-state index >= 15 is 0 Å². The van der Waals surface area contributed by atoms with E-state index in [4.69, 9.17) is 14.7 Å². The van der Waals surface area contributed by atoms with Crippen LogP contribution in [0.2, 0.25) is 0 Å². The Morgan fingerprint density at radius 2 is 1.94 bits per heavy atom. The third-order valence-electron chi connectivity index (χ3n) is 4.55. The predicted molar refractivity (Wildman–Crippen MR) is 63.4 cm³/mol. The molecule has 2 aliphatic carbocycles. The lowest BCUT2D eigenvalue weighted by atomic mass is 9.92. The molecule has 1 heterocycles. The van der Waals surface area contributed by atoms with E-state index in [0.717, 1.165) is 6.42 Å². The van der Waals surface area contributed by atoms with Gasteiger partial charge in [-0.15, -0.1) is 0 Å². The number of nitrogens with zero attached hydrogens (tertiary/aromatic N) is 1. The molecule has 18 heavy (non-hydrogen) atoms. The molecule has 0 bridgehead atoms. The molecule has 0 radical (unpaired) electrons. The van der Waals surface area contributed by atoms with Crippen LogP contribution in [-0.4, -0.2) is 24.8 Å². The van der Waals surface area contributed by atoms with Crippen LogP contribution in [0.25, 0.3) is 0 Å². The van der Waals surface area contributed by atoms with Gasteiger partial charge in [-0.05, 0) is 11.8 Å². The second kappa shape index (κ2) is 3.79. The summed E-state index contributed by atoms with van der Waals surface area (Å²) in [6, 6.07) is 2.16. The second-order valence-corrected chi connectivity index (χ2v) is 6.76. The first kappa shape index (κ1) is 12.1. The van der Waals surface area contributed by atoms with Crippen LogP contribution in [0.1, 0.15) is 33.1 Å². The van der Waals surface area contributed by atoms with Gasteiger partial charge < -0.3 is 9.47 Å². The zero-order chi connectivity index (χ0) is 13.0. The Morgan fingerprint density at radius 3 is 2.56 bits per heavy atom. The minimum Gasteiger partial charge on any atom is -0.349 e. The molecule has 3 atom stereocenters. The maximum Gasteiger partial charge on any atom is 0.168 e. The van der Waals surface area contributed by atoms with Crippen LogP contribution in [0.15, 0.2) is 0 Å². The van der Waals surface area contributed by atoms with Crippen molar-refractivity contribution in [1.29, 1.82) is 5.26 Å². The molecule has 3 aliphatic rings. The average molecular weight is 249 g/mol. The van der Waals surface area contributed by atoms with Crippen LogP contribution in [0, 0.1) is 34.5 Å². The van der Waals surface area contributed by atoms with E-state index in [-0.39, 0.29) is 23.0 Å². The first-order chi connectivity index (χ1) is 8.45. The zero-order valence-electron chi connectivity index (χ0n) is 10.9. The fourth-order valence-electron chi connectivity index (χ4n) is 3.54. The number of fused-ring (bicyclic) bond motifs is 1. The molecule has 0 aromatic rings. The van der Waals surface area contributed by atoms with Crippen molar-refractivity contribution in [3.05, 3.63) is 0 Å². The molecule has 0 amide bonds. The van der Waals surface area contributed by atoms with Gasteiger partial charge in [0.2, 0.25) is 0 Å². The van der Waals surface area contributed by atoms with Gasteiger partial charge in [-0.3, -0.25) is 4.79 Å². The highest BCUT2D eigenvalue weighted by Crippen LogP contribution is 2.53. The van der Waals surface area contributed by atoms with Gasteiger partial charge in [0.05, 0.1) is 19.3 Å². The number of hydrogen-bond donors (Lipinski definition) is 0. The van der Waals surface area contributed by atoms with Crippen LogP contribution in [0.4, 0.5) is 0 Å². The number of nitriles is 1. The molecule has 0 aromatic carbocycles. The van der Waals surface area contributed by atoms with Crippen LogP contribution in [0.3, 0.4) is 0 Å². The third kappa shape index (κ3) is 1.77. The monoisotopic (exact) mass is 249 g/mol. The third-order valence-corrected chi connectivity index (χ3v) is 4.55. The summed E-state index contributed by atoms with van der Waals surface area (Å²) in [5.41, 5.74) is 0.0629. The molecule has 1 aliphatic heterocycles. The lowest BCUT2D eigenvalue weighted by molar-refractivity contribution is -0.297. The summed E-state index contributed by atoms with van der Waals surface area (Å²) in [7, 11) is 0. The Morgan fingerprint density at radius 1 is 1.28 bits per heavy atom. The molecule has 4 heteroatoms. The number of Topliss-reactive ketones (excluding diaryl/α,β-unsaturated/α-hetero) is 1. The molecule has 0 aromatic heterocycles. The minimum atomic E-state index is -0.513. The van der Waals surface area contributed by atoms with E-state index in [0.29, 0.717) is 26.1 Å². The predicted octanol–water partition coefficient (Wildman–Crippen LogP) is 1.89. The standard InChI is InChI=1S/C14H19NO3/c1-13(2)7-17-14(18-8-13)4-9-3-12(16)11(6-15)10(9)5-14/h9-11H,3-5,7-8H2,1-2H3/t9-,10+,11-/m1/s1. The molecule has 0 unspecified atom stereocenters. The molecule has 1 spiro atoms. The van der Waals surface area contributed by atoms with Gasteiger partial charge in [0.1, 0.15) is 5.92 Å². The Kier molecular flexibility index (Phi) is 2.55. The highest BCUT2D eigenvalue weighted by molar-refractivity contribution is 5.86. The van der Waals surface area contributed by atoms with Crippen molar-refractivity contribution in [3.8, 4) is 6.07 Å². The molecule has 4 nitrogen and oxygen atoms in total. The normalized spacial score (nSPS) is 40.7. The summed E-state index contributed by atoms with van der Waals surface area (Å²) in [6.45, 7) is 5.63. The fourth-order valence-corrected chi connectivity index (χ4v) is 3.54. The van der Waals surface area contributed by atoms with E-state index in [9.17, 15) is 4.79 Å². The van der Waals surface area contributed by atoms with E-state index in [1.165, 1.54) is 0 Å². The SMILES string of the molecule is CC1(C)COC2(C[C@H]3CC(=O)[C@H](C#N)[C@H]3C2)OC1. The van der Waals surface area contributed by atoms with E-state index in [1.807, 2.05) is 0 Å². The summed E-state index contributed by atoms with van der Waals surface area (Å²) in [5, 5.41) is 9.10. The minimum absolute atomic E-state index is 0.0629. The lowest BCUT2D eigenvalue weighted by Gasteiger charge is -2.42. The Hall–Kier alpha value is -0.920. The summed E-state index contributed by atoms with van der Waals surface area (Å²) in [6.07, 6.45) is 2.01. The van der Waals surface area contributed by atoms with Crippen molar-refractivity contribution in [2.45, 2.75) is 38.9 Å². The Bertz CT molecular complexity index is 413. The molecule has 0 N–H and O–H groups in total. The van der Waals surface area contributed by atoms with Gasteiger partial charge in [0.15, 0.2) is 11.6 Å². The number of ether oxygens (including phenoxy) is 2. The number of rotatable bonds is 0. The summed E-state index contributed by atoms with van der Waals surface area (Å²) >= 11 is 0.